The third-order valence-corrected chi connectivity index (χ3v) is 2.82. The number of hydrazone groups is 1. The minimum Gasteiger partial charge on any atom is -0.330 e. The van der Waals surface area contributed by atoms with Gasteiger partial charge < -0.3 is 4.90 Å². The predicted molar refractivity (Wildman–Crippen MR) is 67.2 cm³/mol. The summed E-state index contributed by atoms with van der Waals surface area (Å²) >= 11 is 0. The van der Waals surface area contributed by atoms with E-state index >= 15 is 0 Å². The van der Waals surface area contributed by atoms with Gasteiger partial charge in [0.05, 0.1) is 5.69 Å². The Morgan fingerprint density at radius 1 is 1.06 bits per heavy atom. The van der Waals surface area contributed by atoms with Crippen LogP contribution in [0.15, 0.2) is 17.2 Å². The summed E-state index contributed by atoms with van der Waals surface area (Å²) in [5, 5.41) is 6.29. The van der Waals surface area contributed by atoms with Crippen molar-refractivity contribution in [2.24, 2.45) is 5.10 Å². The van der Waals surface area contributed by atoms with Crippen molar-refractivity contribution in [3.8, 4) is 0 Å². The Labute approximate surface area is 97.4 Å². The van der Waals surface area contributed by atoms with Crippen LogP contribution in [-0.2, 0) is 0 Å². The summed E-state index contributed by atoms with van der Waals surface area (Å²) in [5.41, 5.74) is 4.88. The van der Waals surface area contributed by atoms with Crippen molar-refractivity contribution >= 4 is 11.5 Å². The van der Waals surface area contributed by atoms with Crippen LogP contribution in [0.5, 0.6) is 0 Å². The second-order valence-electron chi connectivity index (χ2n) is 4.37. The van der Waals surface area contributed by atoms with Gasteiger partial charge in [-0.3, -0.25) is 0 Å². The molecule has 84 valence electrons. The van der Waals surface area contributed by atoms with Crippen LogP contribution in [-0.4, -0.2) is 17.8 Å². The third-order valence-electron chi connectivity index (χ3n) is 2.82. The van der Waals surface area contributed by atoms with Crippen molar-refractivity contribution in [2.75, 3.05) is 12.1 Å². The molecule has 1 aromatic carbocycles. The number of benzene rings is 1. The number of hydrogen-bond donors (Lipinski definition) is 0. The maximum absolute atomic E-state index is 4.46. The summed E-state index contributed by atoms with van der Waals surface area (Å²) in [6, 6.07) is 4.35. The molecule has 0 bridgehead atoms. The monoisotopic (exact) mass is 215 g/mol. The van der Waals surface area contributed by atoms with Gasteiger partial charge in [-0.25, -0.2) is 5.01 Å². The Morgan fingerprint density at radius 3 is 2.06 bits per heavy atom. The fraction of sp³-hybridized carbons (Fsp3) is 0.385. The minimum absolute atomic E-state index is 0.958. The van der Waals surface area contributed by atoms with Gasteiger partial charge in [-0.1, -0.05) is 17.7 Å². The van der Waals surface area contributed by atoms with Gasteiger partial charge in [-0.15, -0.1) is 0 Å². The van der Waals surface area contributed by atoms with E-state index in [1.165, 1.54) is 16.7 Å². The first-order valence-corrected chi connectivity index (χ1v) is 5.42. The fourth-order valence-corrected chi connectivity index (χ4v) is 2.06. The molecule has 0 unspecified atom stereocenters. The highest BCUT2D eigenvalue weighted by molar-refractivity contribution is 5.84. The molecule has 16 heavy (non-hydrogen) atoms. The quantitative estimate of drug-likeness (QED) is 0.717. The molecule has 0 aliphatic carbocycles. The predicted octanol–water partition coefficient (Wildman–Crippen LogP) is 2.69. The average Bonchev–Trinajstić information content (AvgIpc) is 2.44. The molecule has 3 nitrogen and oxygen atoms in total. The van der Waals surface area contributed by atoms with Gasteiger partial charge >= 0.3 is 0 Å². The van der Waals surface area contributed by atoms with E-state index in [4.69, 9.17) is 0 Å². The van der Waals surface area contributed by atoms with Crippen LogP contribution in [0.2, 0.25) is 0 Å². The van der Waals surface area contributed by atoms with E-state index in [1.807, 2.05) is 23.9 Å². The van der Waals surface area contributed by atoms with Crippen LogP contribution in [0.4, 0.5) is 5.69 Å². The van der Waals surface area contributed by atoms with Crippen LogP contribution < -0.4 is 5.01 Å². The maximum atomic E-state index is 4.46. The Bertz CT molecular complexity index is 425. The van der Waals surface area contributed by atoms with E-state index < -0.39 is 0 Å². The van der Waals surface area contributed by atoms with Gasteiger partial charge in [-0.2, -0.15) is 5.10 Å². The van der Waals surface area contributed by atoms with Crippen molar-refractivity contribution in [1.82, 2.24) is 4.90 Å². The first-order chi connectivity index (χ1) is 7.49. The molecule has 0 N–H and O–H groups in total. The molecule has 0 aromatic heterocycles. The van der Waals surface area contributed by atoms with E-state index in [9.17, 15) is 0 Å². The summed E-state index contributed by atoms with van der Waals surface area (Å²) in [6.07, 6.45) is 0. The van der Waals surface area contributed by atoms with E-state index in [1.54, 1.807) is 0 Å². The Kier molecular flexibility index (Phi) is 2.62. The van der Waals surface area contributed by atoms with Crippen molar-refractivity contribution in [2.45, 2.75) is 27.7 Å². The van der Waals surface area contributed by atoms with Gasteiger partial charge in [0.15, 0.2) is 0 Å². The van der Waals surface area contributed by atoms with Crippen molar-refractivity contribution in [3.63, 3.8) is 0 Å². The van der Waals surface area contributed by atoms with Gasteiger partial charge in [0.2, 0.25) is 6.67 Å². The fourth-order valence-electron chi connectivity index (χ4n) is 2.06. The minimum atomic E-state index is 0.958. The normalized spacial score (nSPS) is 15.7. The standard InChI is InChI=1S/C13H17N3/c1-9-6-10(2)13(11(3)7-9)16-8-15(5)12(4)14-16/h6-7H,1-5H3. The number of rotatable bonds is 1. The van der Waals surface area contributed by atoms with Gasteiger partial charge in [0.25, 0.3) is 0 Å². The lowest BCUT2D eigenvalue weighted by atomic mass is 10.1. The van der Waals surface area contributed by atoms with Crippen LogP contribution in [0.1, 0.15) is 23.6 Å². The molecule has 0 spiro atoms. The molecule has 2 radical (unpaired) electrons. The largest absolute Gasteiger partial charge is 0.330 e. The zero-order valence-corrected chi connectivity index (χ0v) is 10.5. The molecule has 1 aromatic rings. The second-order valence-corrected chi connectivity index (χ2v) is 4.37. The van der Waals surface area contributed by atoms with E-state index in [-0.39, 0.29) is 0 Å². The Hall–Kier alpha value is -1.51. The molecule has 1 aliphatic heterocycles. The lowest BCUT2D eigenvalue weighted by Crippen LogP contribution is -2.20. The highest BCUT2D eigenvalue weighted by atomic mass is 15.6. The SMILES string of the molecule is CC1=NN(c2c(C)cc(C)cc2C)[C]N1C. The number of nitrogens with zero attached hydrogens (tertiary/aromatic N) is 3. The first-order valence-electron chi connectivity index (χ1n) is 5.42. The number of amidine groups is 1. The van der Waals surface area contributed by atoms with Crippen LogP contribution >= 0.6 is 0 Å². The third kappa shape index (κ3) is 1.77. The Morgan fingerprint density at radius 2 is 1.62 bits per heavy atom. The summed E-state index contributed by atoms with van der Waals surface area (Å²) in [6.45, 7) is 11.5. The topological polar surface area (TPSA) is 18.8 Å². The highest BCUT2D eigenvalue weighted by Crippen LogP contribution is 2.29. The zero-order valence-electron chi connectivity index (χ0n) is 10.5. The smallest absolute Gasteiger partial charge is 0.232 e. The van der Waals surface area contributed by atoms with Crippen molar-refractivity contribution in [3.05, 3.63) is 35.5 Å². The van der Waals surface area contributed by atoms with Gasteiger partial charge in [-0.05, 0) is 38.8 Å². The first kappa shape index (κ1) is 11.0. The number of aryl methyl sites for hydroxylation is 3. The molecular weight excluding hydrogens is 198 g/mol. The molecule has 1 aliphatic rings. The maximum Gasteiger partial charge on any atom is 0.232 e. The van der Waals surface area contributed by atoms with Gasteiger partial charge in [0, 0.05) is 7.05 Å². The molecule has 1 heterocycles. The summed E-state index contributed by atoms with van der Waals surface area (Å²) < 4.78 is 0. The van der Waals surface area contributed by atoms with Crippen molar-refractivity contribution in [1.29, 1.82) is 0 Å². The van der Waals surface area contributed by atoms with Gasteiger partial charge in [0.1, 0.15) is 5.84 Å². The lowest BCUT2D eigenvalue weighted by Gasteiger charge is -2.19. The van der Waals surface area contributed by atoms with Crippen LogP contribution in [0.25, 0.3) is 0 Å². The van der Waals surface area contributed by atoms with E-state index in [0.717, 1.165) is 11.5 Å². The van der Waals surface area contributed by atoms with Crippen LogP contribution in [0.3, 0.4) is 0 Å². The molecule has 2 rings (SSSR count). The molecule has 0 amide bonds. The molecular formula is C13H17N3. The molecule has 0 atom stereocenters. The highest BCUT2D eigenvalue weighted by Gasteiger charge is 2.22. The van der Waals surface area contributed by atoms with Crippen molar-refractivity contribution < 1.29 is 0 Å². The lowest BCUT2D eigenvalue weighted by molar-refractivity contribution is 0.623. The Balaban J connectivity index is 2.43. The number of anilines is 1. The number of hydrogen-bond acceptors (Lipinski definition) is 3. The zero-order chi connectivity index (χ0) is 11.9. The average molecular weight is 215 g/mol. The molecule has 0 saturated carbocycles. The van der Waals surface area contributed by atoms with Crippen LogP contribution in [0, 0.1) is 27.4 Å². The molecule has 0 saturated heterocycles. The van der Waals surface area contributed by atoms with E-state index in [2.05, 4.69) is 44.7 Å². The molecule has 0 fully saturated rings. The van der Waals surface area contributed by atoms with E-state index in [0.29, 0.717) is 0 Å². The summed E-state index contributed by atoms with van der Waals surface area (Å²) in [7, 11) is 1.96. The second kappa shape index (κ2) is 3.81. The molecule has 3 heteroatoms. The summed E-state index contributed by atoms with van der Waals surface area (Å²) in [4.78, 5) is 1.90. The summed E-state index contributed by atoms with van der Waals surface area (Å²) in [5.74, 6) is 0.958.